The molecule has 0 bridgehead atoms. The zero-order chi connectivity index (χ0) is 20.4. The number of benzene rings is 2. The number of ether oxygens (including phenoxy) is 1. The van der Waals surface area contributed by atoms with Gasteiger partial charge < -0.3 is 15.0 Å². The van der Waals surface area contributed by atoms with Gasteiger partial charge in [-0.05, 0) is 31.2 Å². The van der Waals surface area contributed by atoms with Crippen molar-refractivity contribution in [3.63, 3.8) is 0 Å². The van der Waals surface area contributed by atoms with Crippen molar-refractivity contribution in [3.05, 3.63) is 70.8 Å². The van der Waals surface area contributed by atoms with Crippen molar-refractivity contribution in [2.75, 3.05) is 36.5 Å². The molecule has 0 radical (unpaired) electrons. The number of rotatable bonds is 4. The van der Waals surface area contributed by atoms with Crippen LogP contribution in [-0.4, -0.2) is 42.0 Å². The highest BCUT2D eigenvalue weighted by Gasteiger charge is 2.21. The maximum absolute atomic E-state index is 14.1. The van der Waals surface area contributed by atoms with Crippen LogP contribution in [-0.2, 0) is 4.74 Å². The van der Waals surface area contributed by atoms with Crippen LogP contribution < -0.4 is 10.2 Å². The number of anilines is 2. The minimum Gasteiger partial charge on any atom is -0.378 e. The van der Waals surface area contributed by atoms with Gasteiger partial charge in [-0.1, -0.05) is 29.8 Å². The van der Waals surface area contributed by atoms with Crippen molar-refractivity contribution in [3.8, 4) is 5.69 Å². The first-order chi connectivity index (χ1) is 14.1. The molecule has 2 heterocycles. The van der Waals surface area contributed by atoms with Gasteiger partial charge in [0.15, 0.2) is 0 Å². The molecule has 4 rings (SSSR count). The molecule has 150 valence electrons. The normalized spacial score (nSPS) is 14.1. The van der Waals surface area contributed by atoms with Crippen LogP contribution in [0.3, 0.4) is 0 Å². The smallest absolute Gasteiger partial charge is 0.259 e. The second kappa shape index (κ2) is 8.23. The van der Waals surface area contributed by atoms with Crippen molar-refractivity contribution in [1.29, 1.82) is 0 Å². The number of morpholine rings is 1. The monoisotopic (exact) mass is 414 g/mol. The van der Waals surface area contributed by atoms with Crippen LogP contribution in [0.15, 0.2) is 48.7 Å². The standard InChI is InChI=1S/C21H20ClFN4O2/c1-14-15(13-24-27(14)19-8-3-2-6-17(19)23)21(28)25-18-7-4-5-16(22)20(18)26-9-11-29-12-10-26/h2-8,13H,9-12H2,1H3,(H,25,28). The summed E-state index contributed by atoms with van der Waals surface area (Å²) in [6.45, 7) is 4.32. The summed E-state index contributed by atoms with van der Waals surface area (Å²) in [7, 11) is 0. The number of carbonyl (C=O) groups excluding carboxylic acids is 1. The van der Waals surface area contributed by atoms with E-state index in [0.29, 0.717) is 54.0 Å². The van der Waals surface area contributed by atoms with Crippen LogP contribution in [0.4, 0.5) is 15.8 Å². The Hall–Kier alpha value is -2.90. The molecule has 0 saturated carbocycles. The van der Waals surface area contributed by atoms with Crippen LogP contribution in [0.2, 0.25) is 5.02 Å². The van der Waals surface area contributed by atoms with E-state index in [1.165, 1.54) is 16.9 Å². The molecule has 2 aromatic carbocycles. The summed E-state index contributed by atoms with van der Waals surface area (Å²) < 4.78 is 21.0. The summed E-state index contributed by atoms with van der Waals surface area (Å²) in [5.41, 5.74) is 2.58. The number of hydrogen-bond donors (Lipinski definition) is 1. The van der Waals surface area contributed by atoms with E-state index in [0.717, 1.165) is 5.69 Å². The van der Waals surface area contributed by atoms with Crippen molar-refractivity contribution in [2.45, 2.75) is 6.92 Å². The van der Waals surface area contributed by atoms with Gasteiger partial charge in [0.1, 0.15) is 11.5 Å². The zero-order valence-electron chi connectivity index (χ0n) is 15.9. The lowest BCUT2D eigenvalue weighted by Crippen LogP contribution is -2.37. The van der Waals surface area contributed by atoms with E-state index >= 15 is 0 Å². The Morgan fingerprint density at radius 3 is 2.69 bits per heavy atom. The van der Waals surface area contributed by atoms with Gasteiger partial charge in [0.05, 0.1) is 47.1 Å². The average Bonchev–Trinajstić information content (AvgIpc) is 3.10. The van der Waals surface area contributed by atoms with Gasteiger partial charge in [0, 0.05) is 13.1 Å². The number of carbonyl (C=O) groups is 1. The summed E-state index contributed by atoms with van der Waals surface area (Å²) >= 11 is 6.43. The van der Waals surface area contributed by atoms with Crippen molar-refractivity contribution in [2.24, 2.45) is 0 Å². The topological polar surface area (TPSA) is 59.4 Å². The molecule has 1 aliphatic heterocycles. The van der Waals surface area contributed by atoms with Crippen LogP contribution in [0.25, 0.3) is 5.69 Å². The molecule has 1 aliphatic rings. The van der Waals surface area contributed by atoms with Gasteiger partial charge in [0.2, 0.25) is 0 Å². The molecular weight excluding hydrogens is 395 g/mol. The van der Waals surface area contributed by atoms with E-state index in [4.69, 9.17) is 16.3 Å². The highest BCUT2D eigenvalue weighted by atomic mass is 35.5. The third-order valence-electron chi connectivity index (χ3n) is 4.90. The molecule has 1 saturated heterocycles. The zero-order valence-corrected chi connectivity index (χ0v) is 16.6. The highest BCUT2D eigenvalue weighted by molar-refractivity contribution is 6.34. The van der Waals surface area contributed by atoms with Gasteiger partial charge in [-0.2, -0.15) is 5.10 Å². The Labute approximate surface area is 172 Å². The van der Waals surface area contributed by atoms with Gasteiger partial charge in [0.25, 0.3) is 5.91 Å². The van der Waals surface area contributed by atoms with Gasteiger partial charge in [-0.3, -0.25) is 4.79 Å². The molecule has 8 heteroatoms. The van der Waals surface area contributed by atoms with E-state index in [2.05, 4.69) is 15.3 Å². The quantitative estimate of drug-likeness (QED) is 0.699. The Kier molecular flexibility index (Phi) is 5.51. The molecule has 6 nitrogen and oxygen atoms in total. The number of aromatic nitrogens is 2. The Morgan fingerprint density at radius 1 is 1.17 bits per heavy atom. The summed E-state index contributed by atoms with van der Waals surface area (Å²) in [5.74, 6) is -0.739. The largest absolute Gasteiger partial charge is 0.378 e. The number of hydrogen-bond acceptors (Lipinski definition) is 4. The van der Waals surface area contributed by atoms with Crippen LogP contribution in [0.1, 0.15) is 16.1 Å². The number of halogens is 2. The molecule has 1 N–H and O–H groups in total. The fraction of sp³-hybridized carbons (Fsp3) is 0.238. The third-order valence-corrected chi connectivity index (χ3v) is 5.20. The fourth-order valence-electron chi connectivity index (χ4n) is 3.41. The summed E-state index contributed by atoms with van der Waals surface area (Å²) in [4.78, 5) is 15.1. The molecule has 29 heavy (non-hydrogen) atoms. The van der Waals surface area contributed by atoms with E-state index in [1.807, 2.05) is 6.07 Å². The van der Waals surface area contributed by atoms with Gasteiger partial charge >= 0.3 is 0 Å². The number of nitrogens with one attached hydrogen (secondary N) is 1. The summed E-state index contributed by atoms with van der Waals surface area (Å²) in [5, 5.41) is 7.69. The second-order valence-electron chi connectivity index (χ2n) is 6.70. The molecule has 3 aromatic rings. The molecule has 0 atom stereocenters. The SMILES string of the molecule is Cc1c(C(=O)Nc2cccc(Cl)c2N2CCOCC2)cnn1-c1ccccc1F. The lowest BCUT2D eigenvalue weighted by atomic mass is 10.2. The Balaban J connectivity index is 1.63. The number of amides is 1. The average molecular weight is 415 g/mol. The third kappa shape index (κ3) is 3.83. The molecule has 0 aliphatic carbocycles. The van der Waals surface area contributed by atoms with Crippen LogP contribution >= 0.6 is 11.6 Å². The molecule has 1 amide bonds. The summed E-state index contributed by atoms with van der Waals surface area (Å²) in [6, 6.07) is 11.7. The first kappa shape index (κ1) is 19.4. The van der Waals surface area contributed by atoms with E-state index in [1.54, 1.807) is 37.3 Å². The molecule has 0 spiro atoms. The minimum atomic E-state index is -0.407. The predicted molar refractivity (Wildman–Crippen MR) is 111 cm³/mol. The first-order valence-electron chi connectivity index (χ1n) is 9.28. The van der Waals surface area contributed by atoms with E-state index in [-0.39, 0.29) is 5.91 Å². The maximum Gasteiger partial charge on any atom is 0.259 e. The predicted octanol–water partition coefficient (Wildman–Crippen LogP) is 4.06. The Morgan fingerprint density at radius 2 is 1.93 bits per heavy atom. The van der Waals surface area contributed by atoms with Crippen molar-refractivity contribution < 1.29 is 13.9 Å². The second-order valence-corrected chi connectivity index (χ2v) is 7.10. The first-order valence-corrected chi connectivity index (χ1v) is 9.66. The molecular formula is C21H20ClFN4O2. The summed E-state index contributed by atoms with van der Waals surface area (Å²) in [6.07, 6.45) is 1.44. The lowest BCUT2D eigenvalue weighted by molar-refractivity contribution is 0.102. The van der Waals surface area contributed by atoms with Gasteiger partial charge in [-0.25, -0.2) is 9.07 Å². The van der Waals surface area contributed by atoms with Crippen molar-refractivity contribution >= 4 is 28.9 Å². The number of para-hydroxylation sites is 2. The highest BCUT2D eigenvalue weighted by Crippen LogP contribution is 2.35. The van der Waals surface area contributed by atoms with Crippen LogP contribution in [0, 0.1) is 12.7 Å². The van der Waals surface area contributed by atoms with E-state index < -0.39 is 5.82 Å². The molecule has 1 fully saturated rings. The Bertz CT molecular complexity index is 1050. The van der Waals surface area contributed by atoms with E-state index in [9.17, 15) is 9.18 Å². The van der Waals surface area contributed by atoms with Crippen LogP contribution in [0.5, 0.6) is 0 Å². The fourth-order valence-corrected chi connectivity index (χ4v) is 3.71. The molecule has 1 aromatic heterocycles. The lowest BCUT2D eigenvalue weighted by Gasteiger charge is -2.31. The minimum absolute atomic E-state index is 0.292. The van der Waals surface area contributed by atoms with Gasteiger partial charge in [-0.15, -0.1) is 0 Å². The number of nitrogens with zero attached hydrogens (tertiary/aromatic N) is 3. The molecule has 0 unspecified atom stereocenters. The van der Waals surface area contributed by atoms with Crippen molar-refractivity contribution in [1.82, 2.24) is 9.78 Å². The maximum atomic E-state index is 14.1.